The summed E-state index contributed by atoms with van der Waals surface area (Å²) < 4.78 is 9.80. The monoisotopic (exact) mass is 259 g/mol. The Morgan fingerprint density at radius 2 is 1.67 bits per heavy atom. The molecule has 5 nitrogen and oxygen atoms in total. The van der Waals surface area contributed by atoms with Crippen LogP contribution >= 0.6 is 0 Å². The third kappa shape index (κ3) is 7.14. The molecule has 0 radical (unpaired) electrons. The summed E-state index contributed by atoms with van der Waals surface area (Å²) in [6.07, 6.45) is 0.912. The molecule has 0 aromatic heterocycles. The lowest BCUT2D eigenvalue weighted by Gasteiger charge is -2.22. The number of nitrogens with one attached hydrogen (secondary N) is 1. The summed E-state index contributed by atoms with van der Waals surface area (Å²) in [5.74, 6) is -0.236. The third-order valence-electron chi connectivity index (χ3n) is 2.38. The summed E-state index contributed by atoms with van der Waals surface area (Å²) in [5, 5.41) is 2.66. The van der Waals surface area contributed by atoms with Crippen molar-refractivity contribution in [2.45, 2.75) is 53.1 Å². The molecule has 0 aliphatic rings. The topological polar surface area (TPSA) is 64.6 Å². The summed E-state index contributed by atoms with van der Waals surface area (Å²) >= 11 is 0. The number of carbonyl (C=O) groups excluding carboxylic acids is 2. The van der Waals surface area contributed by atoms with Crippen LogP contribution in [0.5, 0.6) is 0 Å². The number of methoxy groups -OCH3 is 1. The van der Waals surface area contributed by atoms with Gasteiger partial charge in [0.2, 0.25) is 0 Å². The highest BCUT2D eigenvalue weighted by atomic mass is 16.6. The minimum atomic E-state index is -0.523. The van der Waals surface area contributed by atoms with Crippen molar-refractivity contribution in [3.63, 3.8) is 0 Å². The van der Waals surface area contributed by atoms with Crippen molar-refractivity contribution in [2.75, 3.05) is 13.7 Å². The van der Waals surface area contributed by atoms with Crippen molar-refractivity contribution in [1.82, 2.24) is 5.32 Å². The lowest BCUT2D eigenvalue weighted by atomic mass is 9.88. The van der Waals surface area contributed by atoms with Crippen molar-refractivity contribution < 1.29 is 19.1 Å². The molecular weight excluding hydrogens is 234 g/mol. The zero-order valence-electron chi connectivity index (χ0n) is 12.3. The van der Waals surface area contributed by atoms with Gasteiger partial charge >= 0.3 is 12.1 Å². The van der Waals surface area contributed by atoms with Crippen LogP contribution in [0.3, 0.4) is 0 Å². The summed E-state index contributed by atoms with van der Waals surface area (Å²) in [6, 6.07) is 0. The van der Waals surface area contributed by atoms with Crippen molar-refractivity contribution >= 4 is 12.1 Å². The molecule has 0 aliphatic carbocycles. The molecule has 0 unspecified atom stereocenters. The van der Waals surface area contributed by atoms with Gasteiger partial charge in [0.25, 0.3) is 0 Å². The van der Waals surface area contributed by atoms with E-state index in [2.05, 4.69) is 5.32 Å². The summed E-state index contributed by atoms with van der Waals surface area (Å²) in [7, 11) is 1.38. The molecule has 0 aliphatic heterocycles. The van der Waals surface area contributed by atoms with Crippen LogP contribution in [0, 0.1) is 5.41 Å². The highest BCUT2D eigenvalue weighted by molar-refractivity contribution is 5.75. The van der Waals surface area contributed by atoms with Gasteiger partial charge in [-0.15, -0.1) is 0 Å². The quantitative estimate of drug-likeness (QED) is 0.608. The molecule has 0 aromatic rings. The smallest absolute Gasteiger partial charge is 0.407 e. The van der Waals surface area contributed by atoms with E-state index in [1.807, 2.05) is 34.6 Å². The van der Waals surface area contributed by atoms with Crippen LogP contribution in [0.15, 0.2) is 0 Å². The average molecular weight is 259 g/mol. The molecule has 5 heteroatoms. The van der Waals surface area contributed by atoms with Crippen LogP contribution in [0.4, 0.5) is 4.79 Å². The second-order valence-electron chi connectivity index (χ2n) is 5.91. The zero-order valence-corrected chi connectivity index (χ0v) is 12.3. The van der Waals surface area contributed by atoms with E-state index in [0.29, 0.717) is 19.4 Å². The predicted molar refractivity (Wildman–Crippen MR) is 69.3 cm³/mol. The Morgan fingerprint density at radius 1 is 1.11 bits per heavy atom. The van der Waals surface area contributed by atoms with Gasteiger partial charge in [-0.2, -0.15) is 0 Å². The summed E-state index contributed by atoms with van der Waals surface area (Å²) in [5.41, 5.74) is -1.01. The molecule has 18 heavy (non-hydrogen) atoms. The second-order valence-corrected chi connectivity index (χ2v) is 5.91. The Bertz CT molecular complexity index is 292. The largest absolute Gasteiger partial charge is 0.469 e. The van der Waals surface area contributed by atoms with Gasteiger partial charge in [-0.25, -0.2) is 4.79 Å². The fraction of sp³-hybridized carbons (Fsp3) is 0.846. The van der Waals surface area contributed by atoms with Gasteiger partial charge in [0.15, 0.2) is 0 Å². The lowest BCUT2D eigenvalue weighted by molar-refractivity contribution is -0.151. The Labute approximate surface area is 109 Å². The van der Waals surface area contributed by atoms with Crippen LogP contribution in [0.2, 0.25) is 0 Å². The molecule has 0 saturated carbocycles. The SMILES string of the molecule is COC(=O)C(C)(C)CCCNC(=O)OC(C)(C)C. The lowest BCUT2D eigenvalue weighted by Crippen LogP contribution is -2.34. The molecule has 0 atom stereocenters. The van der Waals surface area contributed by atoms with Crippen LogP contribution in [-0.2, 0) is 14.3 Å². The average Bonchev–Trinajstić information content (AvgIpc) is 2.20. The van der Waals surface area contributed by atoms with Gasteiger partial charge in [-0.05, 0) is 47.5 Å². The van der Waals surface area contributed by atoms with E-state index < -0.39 is 17.1 Å². The third-order valence-corrected chi connectivity index (χ3v) is 2.38. The molecule has 0 aromatic carbocycles. The normalized spacial score (nSPS) is 11.9. The Hall–Kier alpha value is -1.26. The summed E-state index contributed by atoms with van der Waals surface area (Å²) in [4.78, 5) is 22.8. The fourth-order valence-electron chi connectivity index (χ4n) is 1.41. The highest BCUT2D eigenvalue weighted by Gasteiger charge is 2.27. The van der Waals surface area contributed by atoms with Gasteiger partial charge in [0.1, 0.15) is 5.60 Å². The van der Waals surface area contributed by atoms with E-state index in [0.717, 1.165) is 0 Å². The first kappa shape index (κ1) is 16.7. The van der Waals surface area contributed by atoms with Gasteiger partial charge < -0.3 is 14.8 Å². The van der Waals surface area contributed by atoms with Gasteiger partial charge in [0.05, 0.1) is 12.5 Å². The van der Waals surface area contributed by atoms with E-state index in [1.165, 1.54) is 7.11 Å². The maximum atomic E-state index is 11.4. The molecule has 0 heterocycles. The van der Waals surface area contributed by atoms with E-state index in [1.54, 1.807) is 0 Å². The Kier molecular flexibility index (Phi) is 6.15. The number of hydrogen-bond donors (Lipinski definition) is 1. The van der Waals surface area contributed by atoms with E-state index in [4.69, 9.17) is 9.47 Å². The maximum absolute atomic E-state index is 11.4. The van der Waals surface area contributed by atoms with Gasteiger partial charge in [0, 0.05) is 6.54 Å². The van der Waals surface area contributed by atoms with Crippen LogP contribution in [0.1, 0.15) is 47.5 Å². The number of hydrogen-bond acceptors (Lipinski definition) is 4. The van der Waals surface area contributed by atoms with E-state index in [9.17, 15) is 9.59 Å². The van der Waals surface area contributed by atoms with Crippen molar-refractivity contribution in [3.8, 4) is 0 Å². The molecule has 0 bridgehead atoms. The maximum Gasteiger partial charge on any atom is 0.407 e. The van der Waals surface area contributed by atoms with E-state index >= 15 is 0 Å². The van der Waals surface area contributed by atoms with Crippen molar-refractivity contribution in [2.24, 2.45) is 5.41 Å². The highest BCUT2D eigenvalue weighted by Crippen LogP contribution is 2.23. The van der Waals surface area contributed by atoms with Crippen molar-refractivity contribution in [3.05, 3.63) is 0 Å². The molecular formula is C13H25NO4. The Morgan fingerprint density at radius 3 is 2.11 bits per heavy atom. The van der Waals surface area contributed by atoms with Crippen LogP contribution in [-0.4, -0.2) is 31.3 Å². The Balaban J connectivity index is 3.87. The molecule has 0 spiro atoms. The number of ether oxygens (including phenoxy) is 2. The first-order valence-electron chi connectivity index (χ1n) is 6.14. The molecule has 1 N–H and O–H groups in total. The van der Waals surface area contributed by atoms with Gasteiger partial charge in [-0.1, -0.05) is 0 Å². The molecule has 1 amide bonds. The number of carbonyl (C=O) groups is 2. The second kappa shape index (κ2) is 6.61. The first-order valence-corrected chi connectivity index (χ1v) is 6.14. The molecule has 0 saturated heterocycles. The number of alkyl carbamates (subject to hydrolysis) is 1. The number of amides is 1. The van der Waals surface area contributed by atoms with Gasteiger partial charge in [-0.3, -0.25) is 4.79 Å². The fourth-order valence-corrected chi connectivity index (χ4v) is 1.41. The number of esters is 1. The number of rotatable bonds is 5. The molecule has 0 rings (SSSR count). The van der Waals surface area contributed by atoms with Crippen LogP contribution in [0.25, 0.3) is 0 Å². The standard InChI is InChI=1S/C13H25NO4/c1-12(2,3)18-11(16)14-9-7-8-13(4,5)10(15)17-6/h7-9H2,1-6H3,(H,14,16). The van der Waals surface area contributed by atoms with E-state index in [-0.39, 0.29) is 5.97 Å². The first-order chi connectivity index (χ1) is 8.08. The van der Waals surface area contributed by atoms with Crippen LogP contribution < -0.4 is 5.32 Å². The summed E-state index contributed by atoms with van der Waals surface area (Å²) in [6.45, 7) is 9.57. The minimum absolute atomic E-state index is 0.236. The zero-order chi connectivity index (χ0) is 14.4. The predicted octanol–water partition coefficient (Wildman–Crippen LogP) is 2.49. The minimum Gasteiger partial charge on any atom is -0.469 e. The van der Waals surface area contributed by atoms with Crippen molar-refractivity contribution in [1.29, 1.82) is 0 Å². The molecule has 0 fully saturated rings. The molecule has 106 valence electrons.